The summed E-state index contributed by atoms with van der Waals surface area (Å²) in [7, 11) is 3.05. The van der Waals surface area contributed by atoms with Crippen LogP contribution in [0.2, 0.25) is 5.02 Å². The molecule has 3 amide bonds. The van der Waals surface area contributed by atoms with E-state index in [4.69, 9.17) is 30.8 Å². The number of pyridine rings is 3. The molecule has 12 nitrogen and oxygen atoms in total. The fourth-order valence-corrected chi connectivity index (χ4v) is 6.51. The number of amides is 3. The van der Waals surface area contributed by atoms with Gasteiger partial charge in [0.05, 0.1) is 37.2 Å². The molecule has 5 rings (SSSR count). The highest BCUT2D eigenvalue weighted by Gasteiger charge is 2.33. The third-order valence-corrected chi connectivity index (χ3v) is 9.40. The first kappa shape index (κ1) is 38.7. The molecule has 1 aliphatic rings. The number of nitrogens with zero attached hydrogens (tertiary/aromatic N) is 5. The number of aromatic nitrogens is 3. The number of benzene rings is 1. The zero-order valence-corrected chi connectivity index (χ0v) is 31.9. The van der Waals surface area contributed by atoms with Crippen molar-refractivity contribution in [1.82, 2.24) is 24.8 Å². The van der Waals surface area contributed by atoms with Crippen molar-refractivity contribution in [3.05, 3.63) is 88.8 Å². The first-order valence-corrected chi connectivity index (χ1v) is 17.6. The number of halogens is 1. The molecule has 0 bridgehead atoms. The Morgan fingerprint density at radius 3 is 2.43 bits per heavy atom. The van der Waals surface area contributed by atoms with Gasteiger partial charge >= 0.3 is 6.09 Å². The molecule has 0 unspecified atom stereocenters. The molecule has 3 aromatic heterocycles. The third-order valence-electron chi connectivity index (χ3n) is 9.02. The number of methoxy groups -OCH3 is 2. The lowest BCUT2D eigenvalue weighted by atomic mass is 10.0. The van der Waals surface area contributed by atoms with E-state index in [0.29, 0.717) is 76.3 Å². The van der Waals surface area contributed by atoms with Crippen molar-refractivity contribution in [2.75, 3.05) is 32.6 Å². The second kappa shape index (κ2) is 16.5. The van der Waals surface area contributed by atoms with Crippen LogP contribution in [0.15, 0.2) is 61.4 Å². The first-order chi connectivity index (χ1) is 25.2. The van der Waals surface area contributed by atoms with Crippen LogP contribution in [-0.2, 0) is 16.1 Å². The summed E-state index contributed by atoms with van der Waals surface area (Å²) in [6.45, 7) is 14.0. The third kappa shape index (κ3) is 8.94. The molecule has 53 heavy (non-hydrogen) atoms. The van der Waals surface area contributed by atoms with Crippen LogP contribution in [0.25, 0.3) is 28.6 Å². The van der Waals surface area contributed by atoms with Crippen LogP contribution >= 0.6 is 11.6 Å². The number of hydrogen-bond donors (Lipinski definition) is 1. The van der Waals surface area contributed by atoms with E-state index in [0.717, 1.165) is 11.1 Å². The molecule has 1 saturated heterocycles. The summed E-state index contributed by atoms with van der Waals surface area (Å²) in [5.74, 6) is 0.434. The highest BCUT2D eigenvalue weighted by molar-refractivity contribution is 6.35. The number of likely N-dealkylation sites (tertiary alicyclic amines) is 1. The van der Waals surface area contributed by atoms with Gasteiger partial charge in [-0.1, -0.05) is 36.4 Å². The van der Waals surface area contributed by atoms with Gasteiger partial charge in [-0.3, -0.25) is 19.6 Å². The van der Waals surface area contributed by atoms with Gasteiger partial charge in [0.1, 0.15) is 17.0 Å². The predicted molar refractivity (Wildman–Crippen MR) is 205 cm³/mol. The molecule has 0 saturated carbocycles. The van der Waals surface area contributed by atoms with Crippen molar-refractivity contribution in [3.63, 3.8) is 0 Å². The molecule has 1 aliphatic heterocycles. The van der Waals surface area contributed by atoms with E-state index >= 15 is 0 Å². The highest BCUT2D eigenvalue weighted by atomic mass is 35.5. The largest absolute Gasteiger partial charge is 0.496 e. The quantitative estimate of drug-likeness (QED) is 0.173. The number of carbonyl (C=O) groups excluding carboxylic acids is 3. The molecular formula is C40H45ClN6O6. The topological polar surface area (TPSA) is 136 Å². The van der Waals surface area contributed by atoms with Crippen LogP contribution in [0, 0.1) is 6.92 Å². The second-order valence-electron chi connectivity index (χ2n) is 13.7. The summed E-state index contributed by atoms with van der Waals surface area (Å²) in [6, 6.07) is 12.4. The van der Waals surface area contributed by atoms with Crippen molar-refractivity contribution in [2.45, 2.75) is 65.6 Å². The number of nitrogens with one attached hydrogen (secondary N) is 1. The SMILES string of the molecule is C=Cc1cnc(C(=O)Nc2cccc(-c3nccc(-c4ccc(CN(C(=O)OC(C)(C)C)C5CCN(C(C)=O)CC5)c(OC)n4)c3Cl)c2C)cc1OC. The van der Waals surface area contributed by atoms with Crippen molar-refractivity contribution < 1.29 is 28.6 Å². The maximum absolute atomic E-state index is 13.5. The van der Waals surface area contributed by atoms with Gasteiger partial charge in [-0.2, -0.15) is 0 Å². The Bertz CT molecular complexity index is 2020. The normalized spacial score (nSPS) is 13.2. The summed E-state index contributed by atoms with van der Waals surface area (Å²) >= 11 is 7.06. The Kier molecular flexibility index (Phi) is 12.0. The molecule has 1 N–H and O–H groups in total. The number of ether oxygens (including phenoxy) is 3. The van der Waals surface area contributed by atoms with Gasteiger partial charge in [0.25, 0.3) is 5.91 Å². The lowest BCUT2D eigenvalue weighted by Gasteiger charge is -2.39. The number of piperidine rings is 1. The van der Waals surface area contributed by atoms with Gasteiger partial charge in [-0.15, -0.1) is 0 Å². The van der Waals surface area contributed by atoms with E-state index in [1.54, 1.807) is 47.2 Å². The van der Waals surface area contributed by atoms with Gasteiger partial charge in [-0.25, -0.2) is 9.78 Å². The fourth-order valence-electron chi connectivity index (χ4n) is 6.20. The lowest BCUT2D eigenvalue weighted by Crippen LogP contribution is -2.49. The number of carbonyl (C=O) groups is 3. The first-order valence-electron chi connectivity index (χ1n) is 17.3. The van der Waals surface area contributed by atoms with Crippen molar-refractivity contribution in [3.8, 4) is 34.1 Å². The van der Waals surface area contributed by atoms with Crippen LogP contribution < -0.4 is 14.8 Å². The molecular weight excluding hydrogens is 696 g/mol. The average Bonchev–Trinajstić information content (AvgIpc) is 3.14. The minimum absolute atomic E-state index is 0.0195. The summed E-state index contributed by atoms with van der Waals surface area (Å²) < 4.78 is 16.9. The van der Waals surface area contributed by atoms with E-state index in [1.807, 2.05) is 52.0 Å². The average molecular weight is 741 g/mol. The fraction of sp³-hybridized carbons (Fsp3) is 0.350. The zero-order valence-electron chi connectivity index (χ0n) is 31.2. The maximum atomic E-state index is 13.5. The molecule has 1 fully saturated rings. The van der Waals surface area contributed by atoms with E-state index in [-0.39, 0.29) is 24.2 Å². The molecule has 278 valence electrons. The van der Waals surface area contributed by atoms with Crippen LogP contribution in [0.3, 0.4) is 0 Å². The number of rotatable bonds is 10. The van der Waals surface area contributed by atoms with Gasteiger partial charge < -0.3 is 29.3 Å². The van der Waals surface area contributed by atoms with Crippen LogP contribution in [0.4, 0.5) is 10.5 Å². The Morgan fingerprint density at radius 2 is 1.79 bits per heavy atom. The monoisotopic (exact) mass is 740 g/mol. The molecule has 0 radical (unpaired) electrons. The van der Waals surface area contributed by atoms with Crippen LogP contribution in [-0.4, -0.2) is 81.6 Å². The molecule has 13 heteroatoms. The van der Waals surface area contributed by atoms with Gasteiger partial charge in [0.15, 0.2) is 0 Å². The summed E-state index contributed by atoms with van der Waals surface area (Å²) in [4.78, 5) is 55.9. The molecule has 4 aromatic rings. The molecule has 4 heterocycles. The zero-order chi connectivity index (χ0) is 38.4. The summed E-state index contributed by atoms with van der Waals surface area (Å²) in [6.07, 6.45) is 5.60. The smallest absolute Gasteiger partial charge is 0.410 e. The Hall–Kier alpha value is -5.49. The van der Waals surface area contributed by atoms with E-state index in [2.05, 4.69) is 21.9 Å². The van der Waals surface area contributed by atoms with Crippen molar-refractivity contribution in [2.24, 2.45) is 0 Å². The number of anilines is 1. The van der Waals surface area contributed by atoms with Crippen molar-refractivity contribution in [1.29, 1.82) is 0 Å². The predicted octanol–water partition coefficient (Wildman–Crippen LogP) is 7.83. The minimum Gasteiger partial charge on any atom is -0.496 e. The van der Waals surface area contributed by atoms with Gasteiger partial charge in [-0.05, 0) is 70.4 Å². The Balaban J connectivity index is 1.42. The lowest BCUT2D eigenvalue weighted by molar-refractivity contribution is -0.130. The Labute approximate surface area is 315 Å². The van der Waals surface area contributed by atoms with Crippen molar-refractivity contribution >= 4 is 41.3 Å². The molecule has 0 spiro atoms. The second-order valence-corrected chi connectivity index (χ2v) is 14.1. The van der Waals surface area contributed by atoms with Gasteiger partial charge in [0, 0.05) is 72.5 Å². The van der Waals surface area contributed by atoms with E-state index in [9.17, 15) is 14.4 Å². The highest BCUT2D eigenvalue weighted by Crippen LogP contribution is 2.38. The van der Waals surface area contributed by atoms with Gasteiger partial charge in [0.2, 0.25) is 11.8 Å². The Morgan fingerprint density at radius 1 is 1.06 bits per heavy atom. The molecule has 1 aromatic carbocycles. The van der Waals surface area contributed by atoms with E-state index < -0.39 is 17.6 Å². The van der Waals surface area contributed by atoms with Crippen LogP contribution in [0.1, 0.15) is 67.7 Å². The maximum Gasteiger partial charge on any atom is 0.410 e. The van der Waals surface area contributed by atoms with Crippen LogP contribution in [0.5, 0.6) is 11.6 Å². The molecule has 0 atom stereocenters. The van der Waals surface area contributed by atoms with E-state index in [1.165, 1.54) is 20.4 Å². The standard InChI is InChI=1S/C40H45ClN6O6/c1-9-26-22-43-33(21-34(26)51-7)37(49)44-31-12-10-11-29(24(31)2)36-35(41)30(15-18-42-36)32-14-13-27(38(45-32)52-8)23-47(39(50)53-40(4,5)6)28-16-19-46(20-17-28)25(3)48/h9-15,18,21-22,28H,1,16-17,19-20,23H2,2-8H3,(H,44,49). The minimum atomic E-state index is -0.690. The molecule has 0 aliphatic carbocycles. The summed E-state index contributed by atoms with van der Waals surface area (Å²) in [5.41, 5.74) is 4.56. The number of hydrogen-bond acceptors (Lipinski definition) is 9. The summed E-state index contributed by atoms with van der Waals surface area (Å²) in [5, 5.41) is 3.30.